The van der Waals surface area contributed by atoms with Crippen molar-refractivity contribution in [1.29, 1.82) is 0 Å². The largest absolute Gasteiger partial charge is 0.349 e. The molecule has 0 aliphatic rings. The van der Waals surface area contributed by atoms with Crippen molar-refractivity contribution in [3.05, 3.63) is 33.8 Å². The number of hydrogen-bond donors (Lipinski definition) is 0. The van der Waals surface area contributed by atoms with Crippen LogP contribution >= 0.6 is 23.2 Å². The highest BCUT2D eigenvalue weighted by Gasteiger charge is 2.09. The first-order valence-electron chi connectivity index (χ1n) is 5.89. The van der Waals surface area contributed by atoms with Crippen molar-refractivity contribution in [3.8, 4) is 0 Å². The summed E-state index contributed by atoms with van der Waals surface area (Å²) >= 11 is 11.9. The third-order valence-electron chi connectivity index (χ3n) is 2.59. The monoisotopic (exact) mass is 321 g/mol. The van der Waals surface area contributed by atoms with Crippen molar-refractivity contribution >= 4 is 39.9 Å². The summed E-state index contributed by atoms with van der Waals surface area (Å²) in [5, 5.41) is 1.15. The summed E-state index contributed by atoms with van der Waals surface area (Å²) in [5.41, 5.74) is 0.784. The van der Waals surface area contributed by atoms with Crippen LogP contribution in [0.4, 0.5) is 0 Å². The van der Waals surface area contributed by atoms with Gasteiger partial charge in [0.05, 0.1) is 5.75 Å². The number of amides is 1. The van der Waals surface area contributed by atoms with Crippen LogP contribution in [0.3, 0.4) is 0 Å². The Morgan fingerprint density at radius 2 is 2.00 bits per heavy atom. The predicted molar refractivity (Wildman–Crippen MR) is 81.1 cm³/mol. The fraction of sp³-hybridized carbons (Fsp3) is 0.462. The molecule has 1 aromatic rings. The second kappa shape index (κ2) is 7.88. The van der Waals surface area contributed by atoms with E-state index in [1.807, 2.05) is 0 Å². The Labute approximate surface area is 126 Å². The summed E-state index contributed by atoms with van der Waals surface area (Å²) < 4.78 is 11.9. The minimum absolute atomic E-state index is 0.0535. The van der Waals surface area contributed by atoms with E-state index in [9.17, 15) is 9.00 Å². The molecule has 0 aliphatic carbocycles. The second-order valence-electron chi connectivity index (χ2n) is 4.42. The zero-order chi connectivity index (χ0) is 14.4. The van der Waals surface area contributed by atoms with Crippen LogP contribution in [0.2, 0.25) is 10.0 Å². The number of carbonyl (C=O) groups is 1. The number of rotatable bonds is 6. The molecule has 0 radical (unpaired) electrons. The standard InChI is InChI=1S/C13H17Cl2NO2S/c1-16(2)13(17)4-3-7-19(18)9-10-8-11(14)5-6-12(10)15/h5-6,8H,3-4,7,9H2,1-2H3/t19-/m0/s1. The number of hydrogen-bond acceptors (Lipinski definition) is 2. The SMILES string of the molecule is CN(C)C(=O)CCC[S@](=O)Cc1cc(Cl)ccc1Cl. The molecule has 1 aromatic carbocycles. The molecule has 1 rings (SSSR count). The fourth-order valence-corrected chi connectivity index (χ4v) is 3.16. The minimum atomic E-state index is -1.03. The third-order valence-corrected chi connectivity index (χ3v) is 4.57. The summed E-state index contributed by atoms with van der Waals surface area (Å²) in [5.74, 6) is 0.913. The Morgan fingerprint density at radius 3 is 2.63 bits per heavy atom. The number of halogens is 2. The lowest BCUT2D eigenvalue weighted by Crippen LogP contribution is -2.21. The lowest BCUT2D eigenvalue weighted by atomic mass is 10.2. The summed E-state index contributed by atoms with van der Waals surface area (Å²) in [7, 11) is 2.39. The highest BCUT2D eigenvalue weighted by molar-refractivity contribution is 7.84. The van der Waals surface area contributed by atoms with Crippen molar-refractivity contribution in [3.63, 3.8) is 0 Å². The van der Waals surface area contributed by atoms with Crippen LogP contribution in [0.5, 0.6) is 0 Å². The fourth-order valence-electron chi connectivity index (χ4n) is 1.51. The number of benzene rings is 1. The van der Waals surface area contributed by atoms with Gasteiger partial charge in [0.15, 0.2) is 0 Å². The van der Waals surface area contributed by atoms with Crippen LogP contribution in [0.15, 0.2) is 18.2 Å². The molecule has 0 unspecified atom stereocenters. The molecule has 0 aromatic heterocycles. The maximum Gasteiger partial charge on any atom is 0.222 e. The second-order valence-corrected chi connectivity index (χ2v) is 6.84. The zero-order valence-electron chi connectivity index (χ0n) is 11.0. The summed E-state index contributed by atoms with van der Waals surface area (Å²) in [6, 6.07) is 5.13. The Balaban J connectivity index is 2.43. The van der Waals surface area contributed by atoms with Crippen molar-refractivity contribution in [2.24, 2.45) is 0 Å². The maximum atomic E-state index is 11.9. The number of nitrogens with zero attached hydrogens (tertiary/aromatic N) is 1. The van der Waals surface area contributed by atoms with E-state index in [0.29, 0.717) is 34.4 Å². The van der Waals surface area contributed by atoms with Crippen LogP contribution in [-0.4, -0.2) is 34.9 Å². The molecule has 0 aliphatic heterocycles. The van der Waals surface area contributed by atoms with Gasteiger partial charge in [-0.05, 0) is 30.2 Å². The van der Waals surface area contributed by atoms with Crippen LogP contribution in [0.25, 0.3) is 0 Å². The summed E-state index contributed by atoms with van der Waals surface area (Å²) in [6.07, 6.45) is 1.03. The molecule has 3 nitrogen and oxygen atoms in total. The Hall–Kier alpha value is -0.580. The number of carbonyl (C=O) groups excluding carboxylic acids is 1. The molecule has 0 bridgehead atoms. The topological polar surface area (TPSA) is 37.4 Å². The van der Waals surface area contributed by atoms with Gasteiger partial charge >= 0.3 is 0 Å². The van der Waals surface area contributed by atoms with E-state index >= 15 is 0 Å². The highest BCUT2D eigenvalue weighted by Crippen LogP contribution is 2.22. The molecule has 0 spiro atoms. The van der Waals surface area contributed by atoms with Gasteiger partial charge in [-0.25, -0.2) is 0 Å². The molecule has 0 heterocycles. The van der Waals surface area contributed by atoms with Crippen molar-refractivity contribution in [2.45, 2.75) is 18.6 Å². The maximum absolute atomic E-state index is 11.9. The molecule has 0 saturated carbocycles. The van der Waals surface area contributed by atoms with Gasteiger partial charge in [-0.3, -0.25) is 9.00 Å². The van der Waals surface area contributed by atoms with E-state index in [-0.39, 0.29) is 5.91 Å². The molecule has 1 atom stereocenters. The first kappa shape index (κ1) is 16.5. The van der Waals surface area contributed by atoms with Crippen molar-refractivity contribution in [1.82, 2.24) is 4.90 Å². The van der Waals surface area contributed by atoms with E-state index in [2.05, 4.69) is 0 Å². The lowest BCUT2D eigenvalue weighted by molar-refractivity contribution is -0.128. The molecule has 1 amide bonds. The van der Waals surface area contributed by atoms with E-state index < -0.39 is 10.8 Å². The third kappa shape index (κ3) is 5.93. The molecule has 0 saturated heterocycles. The van der Waals surface area contributed by atoms with E-state index in [1.54, 1.807) is 32.3 Å². The van der Waals surface area contributed by atoms with Crippen LogP contribution < -0.4 is 0 Å². The highest BCUT2D eigenvalue weighted by atomic mass is 35.5. The molecular weight excluding hydrogens is 305 g/mol. The normalized spacial score (nSPS) is 12.2. The van der Waals surface area contributed by atoms with Gasteiger partial charge in [-0.2, -0.15) is 0 Å². The van der Waals surface area contributed by atoms with Gasteiger partial charge in [0.2, 0.25) is 5.91 Å². The first-order valence-corrected chi connectivity index (χ1v) is 8.13. The van der Waals surface area contributed by atoms with E-state index in [0.717, 1.165) is 5.56 Å². The van der Waals surface area contributed by atoms with Crippen molar-refractivity contribution in [2.75, 3.05) is 19.8 Å². The van der Waals surface area contributed by atoms with E-state index in [4.69, 9.17) is 23.2 Å². The molecule has 0 fully saturated rings. The van der Waals surface area contributed by atoms with Gasteiger partial charge in [-0.15, -0.1) is 0 Å². The molecule has 106 valence electrons. The molecular formula is C13H17Cl2NO2S. The van der Waals surface area contributed by atoms with Gasteiger partial charge in [0.25, 0.3) is 0 Å². The summed E-state index contributed by atoms with van der Waals surface area (Å²) in [6.45, 7) is 0. The van der Waals surface area contributed by atoms with Crippen molar-refractivity contribution < 1.29 is 9.00 Å². The van der Waals surface area contributed by atoms with Gasteiger partial charge in [0.1, 0.15) is 0 Å². The average molecular weight is 322 g/mol. The lowest BCUT2D eigenvalue weighted by Gasteiger charge is -2.09. The van der Waals surface area contributed by atoms with Crippen LogP contribution in [0, 0.1) is 0 Å². The Kier molecular flexibility index (Phi) is 6.83. The summed E-state index contributed by atoms with van der Waals surface area (Å²) in [4.78, 5) is 12.9. The Morgan fingerprint density at radius 1 is 1.32 bits per heavy atom. The van der Waals surface area contributed by atoms with E-state index in [1.165, 1.54) is 4.90 Å². The average Bonchev–Trinajstić information content (AvgIpc) is 2.33. The van der Waals surface area contributed by atoms with Crippen LogP contribution in [0.1, 0.15) is 18.4 Å². The molecule has 0 N–H and O–H groups in total. The van der Waals surface area contributed by atoms with Gasteiger partial charge < -0.3 is 4.90 Å². The Bertz CT molecular complexity index is 478. The van der Waals surface area contributed by atoms with Gasteiger partial charge in [0, 0.05) is 47.1 Å². The van der Waals surface area contributed by atoms with Crippen LogP contribution in [-0.2, 0) is 21.3 Å². The zero-order valence-corrected chi connectivity index (χ0v) is 13.3. The smallest absolute Gasteiger partial charge is 0.222 e. The van der Waals surface area contributed by atoms with Gasteiger partial charge in [-0.1, -0.05) is 23.2 Å². The minimum Gasteiger partial charge on any atom is -0.349 e. The predicted octanol–water partition coefficient (Wildman–Crippen LogP) is 3.11. The first-order chi connectivity index (χ1) is 8.90. The molecule has 6 heteroatoms. The molecule has 19 heavy (non-hydrogen) atoms. The quantitative estimate of drug-likeness (QED) is 0.807.